The Labute approximate surface area is 174 Å². The third-order valence-electron chi connectivity index (χ3n) is 4.92. The summed E-state index contributed by atoms with van der Waals surface area (Å²) in [5.74, 6) is 1.48. The van der Waals surface area contributed by atoms with Crippen LogP contribution in [-0.4, -0.2) is 73.3 Å². The quantitative estimate of drug-likeness (QED) is 0.619. The molecule has 0 spiro atoms. The Bertz CT molecular complexity index is 1040. The molecule has 0 radical (unpaired) electrons. The summed E-state index contributed by atoms with van der Waals surface area (Å²) in [6.45, 7) is 8.28. The molecule has 0 atom stereocenters. The Balaban J connectivity index is 1.35. The Hall–Kier alpha value is -3.56. The molecule has 1 aliphatic heterocycles. The Morgan fingerprint density at radius 1 is 1.00 bits per heavy atom. The summed E-state index contributed by atoms with van der Waals surface area (Å²) >= 11 is 0. The number of piperazine rings is 1. The van der Waals surface area contributed by atoms with Crippen LogP contribution in [0.1, 0.15) is 17.1 Å². The van der Waals surface area contributed by atoms with Crippen LogP contribution in [0.2, 0.25) is 0 Å². The second-order valence-corrected chi connectivity index (χ2v) is 7.21. The van der Waals surface area contributed by atoms with Gasteiger partial charge in [-0.2, -0.15) is 5.10 Å². The predicted octanol–water partition coefficient (Wildman–Crippen LogP) is 1.11. The van der Waals surface area contributed by atoms with Crippen molar-refractivity contribution in [3.8, 4) is 11.8 Å². The molecule has 4 heterocycles. The van der Waals surface area contributed by atoms with Crippen LogP contribution in [0.15, 0.2) is 30.7 Å². The molecular weight excluding hydrogens is 384 g/mol. The smallest absolute Gasteiger partial charge is 0.317 e. The van der Waals surface area contributed by atoms with E-state index >= 15 is 0 Å². The number of hydrogen-bond donors (Lipinski definition) is 0. The number of hydrogen-bond acceptors (Lipinski definition) is 8. The van der Waals surface area contributed by atoms with Crippen molar-refractivity contribution in [1.29, 1.82) is 0 Å². The summed E-state index contributed by atoms with van der Waals surface area (Å²) in [6.07, 6.45) is 3.16. The van der Waals surface area contributed by atoms with Gasteiger partial charge in [-0.1, -0.05) is 0 Å². The zero-order chi connectivity index (χ0) is 21.1. The molecular formula is C20H24N8O2. The van der Waals surface area contributed by atoms with Gasteiger partial charge in [-0.3, -0.25) is 4.79 Å². The Morgan fingerprint density at radius 3 is 2.47 bits per heavy atom. The minimum atomic E-state index is -0.0780. The summed E-state index contributed by atoms with van der Waals surface area (Å²) in [6, 6.07) is 5.94. The molecule has 0 N–H and O–H groups in total. The van der Waals surface area contributed by atoms with Gasteiger partial charge in [-0.05, 0) is 32.9 Å². The highest BCUT2D eigenvalue weighted by molar-refractivity contribution is 5.78. The van der Waals surface area contributed by atoms with Gasteiger partial charge < -0.3 is 14.5 Å². The number of carbonyl (C=O) groups excluding carboxylic acids is 1. The average Bonchev–Trinajstić information content (AvgIpc) is 3.10. The van der Waals surface area contributed by atoms with Gasteiger partial charge in [0.2, 0.25) is 0 Å². The van der Waals surface area contributed by atoms with Crippen LogP contribution < -0.4 is 9.64 Å². The van der Waals surface area contributed by atoms with Gasteiger partial charge in [0, 0.05) is 49.8 Å². The minimum absolute atomic E-state index is 0.0704. The highest BCUT2D eigenvalue weighted by atomic mass is 16.5. The second-order valence-electron chi connectivity index (χ2n) is 7.21. The van der Waals surface area contributed by atoms with Crippen LogP contribution in [0.5, 0.6) is 6.01 Å². The number of anilines is 1. The first-order chi connectivity index (χ1) is 14.5. The van der Waals surface area contributed by atoms with Gasteiger partial charge >= 0.3 is 6.01 Å². The molecule has 1 saturated heterocycles. The fourth-order valence-electron chi connectivity index (χ4n) is 3.38. The van der Waals surface area contributed by atoms with Crippen molar-refractivity contribution in [2.75, 3.05) is 37.7 Å². The topological polar surface area (TPSA) is 102 Å². The summed E-state index contributed by atoms with van der Waals surface area (Å²) in [7, 11) is 0. The maximum atomic E-state index is 12.5. The van der Waals surface area contributed by atoms with E-state index in [1.807, 2.05) is 37.6 Å². The number of nitrogens with zero attached hydrogens (tertiary/aromatic N) is 8. The van der Waals surface area contributed by atoms with E-state index in [0.29, 0.717) is 26.2 Å². The molecule has 0 bridgehead atoms. The van der Waals surface area contributed by atoms with Crippen LogP contribution in [0, 0.1) is 20.8 Å². The van der Waals surface area contributed by atoms with E-state index in [-0.39, 0.29) is 18.5 Å². The molecule has 10 nitrogen and oxygen atoms in total. The van der Waals surface area contributed by atoms with E-state index in [9.17, 15) is 4.79 Å². The van der Waals surface area contributed by atoms with Crippen LogP contribution in [0.3, 0.4) is 0 Å². The molecule has 0 aromatic carbocycles. The largest absolute Gasteiger partial charge is 0.453 e. The lowest BCUT2D eigenvalue weighted by atomic mass is 10.3. The predicted molar refractivity (Wildman–Crippen MR) is 110 cm³/mol. The molecule has 30 heavy (non-hydrogen) atoms. The third-order valence-corrected chi connectivity index (χ3v) is 4.92. The van der Waals surface area contributed by atoms with E-state index in [2.05, 4.69) is 29.9 Å². The molecule has 10 heteroatoms. The van der Waals surface area contributed by atoms with Crippen LogP contribution >= 0.6 is 0 Å². The van der Waals surface area contributed by atoms with Crippen molar-refractivity contribution in [3.05, 3.63) is 47.8 Å². The van der Waals surface area contributed by atoms with E-state index in [1.54, 1.807) is 23.5 Å². The first-order valence-corrected chi connectivity index (χ1v) is 9.80. The number of ether oxygens (including phenoxy) is 1. The molecule has 0 aliphatic carbocycles. The molecule has 4 rings (SSSR count). The fraction of sp³-hybridized carbons (Fsp3) is 0.400. The molecule has 156 valence electrons. The monoisotopic (exact) mass is 408 g/mol. The van der Waals surface area contributed by atoms with Crippen LogP contribution in [0.25, 0.3) is 5.82 Å². The van der Waals surface area contributed by atoms with E-state index in [4.69, 9.17) is 4.74 Å². The first-order valence-electron chi connectivity index (χ1n) is 9.80. The Kier molecular flexibility index (Phi) is 5.55. The molecule has 1 aliphatic rings. The average molecular weight is 408 g/mol. The van der Waals surface area contributed by atoms with E-state index in [1.165, 1.54) is 0 Å². The fourth-order valence-corrected chi connectivity index (χ4v) is 3.38. The van der Waals surface area contributed by atoms with Gasteiger partial charge in [-0.15, -0.1) is 0 Å². The SMILES string of the molecule is Cc1ccnc(OCC(=O)N2CCN(c3cc(-n4nc(C)cc4C)ncn3)CC2)n1. The van der Waals surface area contributed by atoms with E-state index in [0.717, 1.165) is 28.7 Å². The highest BCUT2D eigenvalue weighted by Crippen LogP contribution is 2.17. The molecule has 1 fully saturated rings. The maximum absolute atomic E-state index is 12.5. The number of carbonyl (C=O) groups is 1. The highest BCUT2D eigenvalue weighted by Gasteiger charge is 2.23. The van der Waals surface area contributed by atoms with Crippen molar-refractivity contribution in [2.45, 2.75) is 20.8 Å². The molecule has 1 amide bonds. The van der Waals surface area contributed by atoms with Crippen LogP contribution in [-0.2, 0) is 4.79 Å². The third kappa shape index (κ3) is 4.37. The summed E-state index contributed by atoms with van der Waals surface area (Å²) in [4.78, 5) is 33.3. The van der Waals surface area contributed by atoms with Crippen molar-refractivity contribution in [2.24, 2.45) is 0 Å². The number of rotatable bonds is 5. The van der Waals surface area contributed by atoms with Gasteiger partial charge in [-0.25, -0.2) is 24.6 Å². The standard InChI is InChI=1S/C20H24N8O2/c1-14-4-5-21-20(24-14)30-12-19(29)27-8-6-26(7-9-27)17-11-18(23-13-22-17)28-16(3)10-15(2)25-28/h4-5,10-11,13H,6-9,12H2,1-3H3. The summed E-state index contributed by atoms with van der Waals surface area (Å²) in [5, 5.41) is 4.48. The lowest BCUT2D eigenvalue weighted by Gasteiger charge is -2.35. The lowest BCUT2D eigenvalue weighted by molar-refractivity contribution is -0.133. The molecule has 0 saturated carbocycles. The van der Waals surface area contributed by atoms with Gasteiger partial charge in [0.15, 0.2) is 12.4 Å². The number of aryl methyl sites for hydroxylation is 3. The Morgan fingerprint density at radius 2 is 1.77 bits per heavy atom. The minimum Gasteiger partial charge on any atom is -0.453 e. The van der Waals surface area contributed by atoms with Crippen LogP contribution in [0.4, 0.5) is 5.82 Å². The van der Waals surface area contributed by atoms with E-state index < -0.39 is 0 Å². The second kappa shape index (κ2) is 8.44. The maximum Gasteiger partial charge on any atom is 0.317 e. The number of aromatic nitrogens is 6. The van der Waals surface area contributed by atoms with Gasteiger partial charge in [0.05, 0.1) is 5.69 Å². The normalized spacial score (nSPS) is 14.1. The lowest BCUT2D eigenvalue weighted by Crippen LogP contribution is -2.50. The zero-order valence-electron chi connectivity index (χ0n) is 17.3. The zero-order valence-corrected chi connectivity index (χ0v) is 17.3. The van der Waals surface area contributed by atoms with Gasteiger partial charge in [0.25, 0.3) is 5.91 Å². The van der Waals surface area contributed by atoms with Crippen molar-refractivity contribution < 1.29 is 9.53 Å². The summed E-state index contributed by atoms with van der Waals surface area (Å²) in [5.41, 5.74) is 2.76. The molecule has 3 aromatic rings. The first kappa shape index (κ1) is 19.7. The van der Waals surface area contributed by atoms with Crippen molar-refractivity contribution in [3.63, 3.8) is 0 Å². The van der Waals surface area contributed by atoms with Crippen molar-refractivity contribution >= 4 is 11.7 Å². The molecule has 3 aromatic heterocycles. The van der Waals surface area contributed by atoms with Gasteiger partial charge in [0.1, 0.15) is 12.1 Å². The van der Waals surface area contributed by atoms with Crippen molar-refractivity contribution in [1.82, 2.24) is 34.6 Å². The summed E-state index contributed by atoms with van der Waals surface area (Å²) < 4.78 is 7.24. The molecule has 0 unspecified atom stereocenters. The number of amides is 1.